The van der Waals surface area contributed by atoms with E-state index >= 15 is 0 Å². The molecule has 30 atom stereocenters. The first-order chi connectivity index (χ1) is 32.3. The fourth-order valence-electron chi connectivity index (χ4n) is 8.69. The van der Waals surface area contributed by atoms with Gasteiger partial charge in [0.2, 0.25) is 0 Å². The summed E-state index contributed by atoms with van der Waals surface area (Å²) in [5.41, 5.74) is 0. The summed E-state index contributed by atoms with van der Waals surface area (Å²) in [5.74, 6) is 0. The number of hydrogen-bond donors (Lipinski definition) is 19. The third kappa shape index (κ3) is 11.4. The molecule has 6 saturated heterocycles. The molecule has 19 N–H and O–H groups in total. The average molecular weight is 1000 g/mol. The summed E-state index contributed by atoms with van der Waals surface area (Å²) >= 11 is 0. The molecular weight excluding hydrogens is 940 g/mol. The van der Waals surface area contributed by atoms with Gasteiger partial charge < -0.3 is 154 Å². The van der Waals surface area contributed by atoms with Gasteiger partial charge in [0.05, 0.1) is 39.6 Å². The molecule has 0 saturated carbocycles. The minimum Gasteiger partial charge on any atom is -0.394 e. The second kappa shape index (κ2) is 24.2. The third-order valence-electron chi connectivity index (χ3n) is 12.7. The van der Waals surface area contributed by atoms with Crippen LogP contribution in [0, 0.1) is 0 Å². The second-order valence-corrected chi connectivity index (χ2v) is 17.0. The highest BCUT2D eigenvalue weighted by molar-refractivity contribution is 4.99. The summed E-state index contributed by atoms with van der Waals surface area (Å²) in [5, 5.41) is 200. The van der Waals surface area contributed by atoms with Crippen LogP contribution >= 0.6 is 0 Å². The Bertz CT molecular complexity index is 1520. The highest BCUT2D eigenvalue weighted by Gasteiger charge is 2.57. The molecule has 21 unspecified atom stereocenters. The zero-order chi connectivity index (χ0) is 50.0. The van der Waals surface area contributed by atoms with E-state index in [9.17, 15) is 97.0 Å². The smallest absolute Gasteiger partial charge is 0.187 e. The molecular formula is C37H64O31. The molecule has 0 aromatic heterocycles. The molecule has 0 bridgehead atoms. The summed E-state index contributed by atoms with van der Waals surface area (Å²) in [7, 11) is 1.18. The molecule has 6 fully saturated rings. The average Bonchev–Trinajstić information content (AvgIpc) is 3.33. The molecule has 6 aliphatic heterocycles. The minimum absolute atomic E-state index is 0.704. The number of aliphatic hydroxyl groups excluding tert-OH is 19. The zero-order valence-electron chi connectivity index (χ0n) is 36.0. The van der Waals surface area contributed by atoms with Crippen LogP contribution in [0.3, 0.4) is 0 Å². The molecule has 0 amide bonds. The van der Waals surface area contributed by atoms with Crippen molar-refractivity contribution in [3.05, 3.63) is 0 Å². The fraction of sp³-hybridized carbons (Fsp3) is 1.00. The van der Waals surface area contributed by atoms with Crippen molar-refractivity contribution in [3.8, 4) is 0 Å². The van der Waals surface area contributed by atoms with Crippen LogP contribution < -0.4 is 0 Å². The van der Waals surface area contributed by atoms with Crippen LogP contribution in [0.1, 0.15) is 0 Å². The van der Waals surface area contributed by atoms with Gasteiger partial charge in [-0.2, -0.15) is 0 Å². The van der Waals surface area contributed by atoms with E-state index in [0.717, 1.165) is 0 Å². The van der Waals surface area contributed by atoms with Crippen molar-refractivity contribution in [2.75, 3.05) is 46.8 Å². The molecule has 31 nitrogen and oxygen atoms in total. The standard InChI is InChI=1S/C37H64O31/c1-57-27-9(3-39)61-34(23(52)17(27)46)66-29-11(5-41)62-35(24(53)18(29)47)67-30-12(6-42)63-36(25(54)19(30)48)68-31-13(7-58-33-22(51)15(44)14(43)8(2-38)60-33)64-37(26(55)20(31)49)65-28-10(4-40)59-32(56)21(50)16(28)45/h8-56H,2-7H2,1H3/t8-,9?,10?,11-,12?,13-,14?,15?,16?,17+,18?,19+,20?,21?,22?,23?,24?,25?,26?,27?,28?,29+,30?,31+,32?,33?,34?,35+,36?,37+/m0/s1. The van der Waals surface area contributed by atoms with Crippen LogP contribution in [0.5, 0.6) is 0 Å². The van der Waals surface area contributed by atoms with E-state index in [1.165, 1.54) is 7.11 Å². The topological polar surface area (TPSA) is 495 Å². The Balaban J connectivity index is 1.17. The molecule has 68 heavy (non-hydrogen) atoms. The molecule has 0 radical (unpaired) electrons. The lowest BCUT2D eigenvalue weighted by Gasteiger charge is -2.49. The SMILES string of the molecule is COC1C(CO)OC(O[C@H]2C(O)C(O)[C@@H](OC3C(CO)OC(O[C@H]4C(O)C(O)[C@@H](OC5C(CO)OC(O)C(O)C5O)O[C@H]4COC4O[C@@H](CO)C(O)C(O)C4O)C(O)[C@H]3O)O[C@H]2CO)C(O)[C@H]1O. The van der Waals surface area contributed by atoms with Gasteiger partial charge in [0.25, 0.3) is 0 Å². The molecule has 0 aromatic carbocycles. The lowest BCUT2D eigenvalue weighted by atomic mass is 9.95. The third-order valence-corrected chi connectivity index (χ3v) is 12.7. The van der Waals surface area contributed by atoms with Gasteiger partial charge in [-0.15, -0.1) is 0 Å². The molecule has 0 aromatic rings. The van der Waals surface area contributed by atoms with Crippen LogP contribution in [0.25, 0.3) is 0 Å². The Morgan fingerprint density at radius 1 is 0.294 bits per heavy atom. The van der Waals surface area contributed by atoms with E-state index in [1.54, 1.807) is 0 Å². The number of rotatable bonds is 17. The lowest BCUT2D eigenvalue weighted by molar-refractivity contribution is -0.395. The van der Waals surface area contributed by atoms with Gasteiger partial charge in [-0.25, -0.2) is 0 Å². The Kier molecular flexibility index (Phi) is 19.9. The van der Waals surface area contributed by atoms with E-state index < -0.39 is 224 Å². The predicted molar refractivity (Wildman–Crippen MR) is 204 cm³/mol. The van der Waals surface area contributed by atoms with Crippen LogP contribution in [0.4, 0.5) is 0 Å². The van der Waals surface area contributed by atoms with Gasteiger partial charge in [-0.3, -0.25) is 0 Å². The van der Waals surface area contributed by atoms with Crippen molar-refractivity contribution in [1.82, 2.24) is 0 Å². The van der Waals surface area contributed by atoms with Crippen LogP contribution in [-0.4, -0.2) is 328 Å². The van der Waals surface area contributed by atoms with Crippen LogP contribution in [0.2, 0.25) is 0 Å². The van der Waals surface area contributed by atoms with Crippen LogP contribution in [0.15, 0.2) is 0 Å². The summed E-state index contributed by atoms with van der Waals surface area (Å²) < 4.78 is 66.5. The van der Waals surface area contributed by atoms with Crippen molar-refractivity contribution >= 4 is 0 Å². The van der Waals surface area contributed by atoms with Crippen LogP contribution in [-0.2, 0) is 56.8 Å². The summed E-state index contributed by atoms with van der Waals surface area (Å²) in [6, 6.07) is 0. The van der Waals surface area contributed by atoms with Gasteiger partial charge >= 0.3 is 0 Å². The van der Waals surface area contributed by atoms with Gasteiger partial charge in [0, 0.05) is 7.11 Å². The first kappa shape index (κ1) is 56.1. The minimum atomic E-state index is -2.23. The van der Waals surface area contributed by atoms with Crippen molar-refractivity contribution in [2.24, 2.45) is 0 Å². The Labute approximate surface area is 384 Å². The maximum atomic E-state index is 11.5. The Hall–Kier alpha value is -1.24. The number of hydrogen-bond acceptors (Lipinski definition) is 31. The van der Waals surface area contributed by atoms with E-state index in [4.69, 9.17) is 56.8 Å². The Morgan fingerprint density at radius 2 is 0.588 bits per heavy atom. The predicted octanol–water partition coefficient (Wildman–Crippen LogP) is -13.4. The van der Waals surface area contributed by atoms with E-state index in [2.05, 4.69) is 0 Å². The molecule has 31 heteroatoms. The highest BCUT2D eigenvalue weighted by Crippen LogP contribution is 2.36. The van der Waals surface area contributed by atoms with Gasteiger partial charge in [0.1, 0.15) is 146 Å². The number of aliphatic hydroxyl groups is 19. The summed E-state index contributed by atoms with van der Waals surface area (Å²) in [6.07, 6.45) is -55.7. The maximum absolute atomic E-state index is 11.5. The lowest BCUT2D eigenvalue weighted by Crippen LogP contribution is -2.68. The molecule has 398 valence electrons. The summed E-state index contributed by atoms with van der Waals surface area (Å²) in [6.45, 7) is -5.37. The van der Waals surface area contributed by atoms with Crippen molar-refractivity contribution in [3.63, 3.8) is 0 Å². The summed E-state index contributed by atoms with van der Waals surface area (Å²) in [4.78, 5) is 0. The number of methoxy groups -OCH3 is 1. The number of ether oxygens (including phenoxy) is 12. The monoisotopic (exact) mass is 1000 g/mol. The molecule has 0 spiro atoms. The van der Waals surface area contributed by atoms with Crippen molar-refractivity contribution < 1.29 is 154 Å². The fourth-order valence-corrected chi connectivity index (χ4v) is 8.69. The molecule has 6 rings (SSSR count). The van der Waals surface area contributed by atoms with Gasteiger partial charge in [-0.05, 0) is 0 Å². The van der Waals surface area contributed by atoms with E-state index in [-0.39, 0.29) is 0 Å². The largest absolute Gasteiger partial charge is 0.394 e. The molecule has 0 aliphatic carbocycles. The second-order valence-electron chi connectivity index (χ2n) is 17.0. The van der Waals surface area contributed by atoms with Crippen molar-refractivity contribution in [2.45, 2.75) is 184 Å². The van der Waals surface area contributed by atoms with E-state index in [1.807, 2.05) is 0 Å². The van der Waals surface area contributed by atoms with Crippen molar-refractivity contribution in [1.29, 1.82) is 0 Å². The first-order valence-electron chi connectivity index (χ1n) is 21.5. The van der Waals surface area contributed by atoms with Gasteiger partial charge in [-0.1, -0.05) is 0 Å². The quantitative estimate of drug-likeness (QED) is 0.0643. The molecule has 6 aliphatic rings. The maximum Gasteiger partial charge on any atom is 0.187 e. The Morgan fingerprint density at radius 3 is 0.971 bits per heavy atom. The molecule has 6 heterocycles. The first-order valence-corrected chi connectivity index (χ1v) is 21.5. The highest BCUT2D eigenvalue weighted by atomic mass is 16.8. The van der Waals surface area contributed by atoms with Gasteiger partial charge in [0.15, 0.2) is 37.7 Å². The normalized spacial score (nSPS) is 52.8. The zero-order valence-corrected chi connectivity index (χ0v) is 36.0. The van der Waals surface area contributed by atoms with E-state index in [0.29, 0.717) is 0 Å².